The van der Waals surface area contributed by atoms with Crippen molar-refractivity contribution >= 4 is 28.9 Å². The highest BCUT2D eigenvalue weighted by molar-refractivity contribution is 6.08. The van der Waals surface area contributed by atoms with Gasteiger partial charge in [-0.25, -0.2) is 0 Å². The van der Waals surface area contributed by atoms with Crippen LogP contribution in [0.15, 0.2) is 36.4 Å². The maximum atomic E-state index is 13.0. The summed E-state index contributed by atoms with van der Waals surface area (Å²) < 4.78 is 5.21. The SMILES string of the molecule is COc1cc([N+](=O)[O-])ccc1NC(=O)C1CC2(CN1)C(=O)Nc1ccc(CC(C)(C)C)cc12. The van der Waals surface area contributed by atoms with Gasteiger partial charge in [0.25, 0.3) is 5.69 Å². The maximum Gasteiger partial charge on any atom is 0.273 e. The van der Waals surface area contributed by atoms with Crippen LogP contribution in [0, 0.1) is 15.5 Å². The molecule has 1 saturated heterocycles. The van der Waals surface area contributed by atoms with E-state index >= 15 is 0 Å². The fourth-order valence-corrected chi connectivity index (χ4v) is 4.65. The van der Waals surface area contributed by atoms with Crippen LogP contribution in [0.25, 0.3) is 0 Å². The number of non-ortho nitro benzene ring substituents is 1. The predicted molar refractivity (Wildman–Crippen MR) is 125 cm³/mol. The number of nitro benzene ring substituents is 1. The molecule has 2 atom stereocenters. The molecule has 0 saturated carbocycles. The summed E-state index contributed by atoms with van der Waals surface area (Å²) in [5, 5.41) is 19.9. The number of methoxy groups -OCH3 is 1. The second-order valence-electron chi connectivity index (χ2n) is 9.92. The summed E-state index contributed by atoms with van der Waals surface area (Å²) in [6, 6.07) is 9.47. The first kappa shape index (κ1) is 22.7. The van der Waals surface area contributed by atoms with Gasteiger partial charge in [-0.15, -0.1) is 0 Å². The number of rotatable bonds is 5. The average Bonchev–Trinajstić information content (AvgIpc) is 3.30. The number of fused-ring (bicyclic) bond motifs is 2. The van der Waals surface area contributed by atoms with Crippen molar-refractivity contribution in [1.29, 1.82) is 0 Å². The van der Waals surface area contributed by atoms with Crippen molar-refractivity contribution in [3.63, 3.8) is 0 Å². The van der Waals surface area contributed by atoms with Gasteiger partial charge in [-0.3, -0.25) is 19.7 Å². The van der Waals surface area contributed by atoms with Crippen molar-refractivity contribution in [2.45, 2.75) is 45.1 Å². The van der Waals surface area contributed by atoms with E-state index in [1.54, 1.807) is 0 Å². The van der Waals surface area contributed by atoms with Crippen LogP contribution in [-0.2, 0) is 21.4 Å². The molecule has 2 unspecified atom stereocenters. The van der Waals surface area contributed by atoms with E-state index in [0.717, 1.165) is 23.2 Å². The van der Waals surface area contributed by atoms with E-state index in [9.17, 15) is 19.7 Å². The number of amides is 2. The van der Waals surface area contributed by atoms with E-state index in [0.29, 0.717) is 18.7 Å². The molecule has 4 rings (SSSR count). The highest BCUT2D eigenvalue weighted by atomic mass is 16.6. The third-order valence-electron chi connectivity index (χ3n) is 6.19. The lowest BCUT2D eigenvalue weighted by molar-refractivity contribution is -0.384. The third-order valence-corrected chi connectivity index (χ3v) is 6.19. The van der Waals surface area contributed by atoms with E-state index in [4.69, 9.17) is 4.74 Å². The molecule has 9 heteroatoms. The first-order valence-corrected chi connectivity index (χ1v) is 10.8. The summed E-state index contributed by atoms with van der Waals surface area (Å²) in [5.74, 6) is -0.242. The van der Waals surface area contributed by atoms with Gasteiger partial charge >= 0.3 is 0 Å². The number of benzene rings is 2. The number of nitro groups is 1. The highest BCUT2D eigenvalue weighted by Crippen LogP contribution is 2.44. The van der Waals surface area contributed by atoms with Crippen LogP contribution in [0.3, 0.4) is 0 Å². The number of hydrogen-bond acceptors (Lipinski definition) is 6. The molecule has 9 nitrogen and oxygen atoms in total. The lowest BCUT2D eigenvalue weighted by atomic mass is 9.78. The van der Waals surface area contributed by atoms with Crippen molar-refractivity contribution in [3.8, 4) is 5.75 Å². The topological polar surface area (TPSA) is 123 Å². The minimum Gasteiger partial charge on any atom is -0.494 e. The fraction of sp³-hybridized carbons (Fsp3) is 0.417. The van der Waals surface area contributed by atoms with Crippen molar-refractivity contribution < 1.29 is 19.2 Å². The molecule has 0 aliphatic carbocycles. The normalized spacial score (nSPS) is 21.6. The van der Waals surface area contributed by atoms with E-state index in [1.165, 1.54) is 25.3 Å². The van der Waals surface area contributed by atoms with Crippen LogP contribution >= 0.6 is 0 Å². The second kappa shape index (κ2) is 8.15. The largest absolute Gasteiger partial charge is 0.494 e. The lowest BCUT2D eigenvalue weighted by Crippen LogP contribution is -2.36. The summed E-state index contributed by atoms with van der Waals surface area (Å²) in [6.07, 6.45) is 1.19. The Labute approximate surface area is 192 Å². The Hall–Kier alpha value is -3.46. The Kier molecular flexibility index (Phi) is 5.61. The molecule has 2 heterocycles. The summed E-state index contributed by atoms with van der Waals surface area (Å²) in [6.45, 7) is 6.86. The third kappa shape index (κ3) is 4.28. The van der Waals surface area contributed by atoms with E-state index in [1.807, 2.05) is 12.1 Å². The molecule has 0 radical (unpaired) electrons. The van der Waals surface area contributed by atoms with Crippen LogP contribution in [0.2, 0.25) is 0 Å². The zero-order valence-electron chi connectivity index (χ0n) is 19.2. The number of ether oxygens (including phenoxy) is 1. The van der Waals surface area contributed by atoms with Gasteiger partial charge in [-0.2, -0.15) is 0 Å². The van der Waals surface area contributed by atoms with E-state index < -0.39 is 16.4 Å². The molecule has 2 amide bonds. The van der Waals surface area contributed by atoms with Crippen LogP contribution in [0.5, 0.6) is 5.75 Å². The minimum absolute atomic E-state index is 0.109. The second-order valence-corrected chi connectivity index (χ2v) is 9.92. The van der Waals surface area contributed by atoms with E-state index in [-0.39, 0.29) is 28.7 Å². The summed E-state index contributed by atoms with van der Waals surface area (Å²) in [7, 11) is 1.38. The van der Waals surface area contributed by atoms with Crippen LogP contribution < -0.4 is 20.7 Å². The van der Waals surface area contributed by atoms with Gasteiger partial charge in [-0.1, -0.05) is 32.9 Å². The minimum atomic E-state index is -0.815. The summed E-state index contributed by atoms with van der Waals surface area (Å²) in [4.78, 5) is 36.5. The van der Waals surface area contributed by atoms with Gasteiger partial charge in [0.1, 0.15) is 5.75 Å². The number of anilines is 2. The summed E-state index contributed by atoms with van der Waals surface area (Å²) in [5.41, 5.74) is 2.36. The fourth-order valence-electron chi connectivity index (χ4n) is 4.65. The maximum absolute atomic E-state index is 13.0. The number of hydrogen-bond donors (Lipinski definition) is 3. The zero-order valence-corrected chi connectivity index (χ0v) is 19.2. The van der Waals surface area contributed by atoms with Gasteiger partial charge in [-0.05, 0) is 41.5 Å². The molecule has 1 spiro atoms. The smallest absolute Gasteiger partial charge is 0.273 e. The molecule has 1 fully saturated rings. The Balaban J connectivity index is 1.55. The Morgan fingerprint density at radius 1 is 1.27 bits per heavy atom. The number of nitrogens with zero attached hydrogens (tertiary/aromatic N) is 1. The van der Waals surface area contributed by atoms with Crippen LogP contribution in [-0.4, -0.2) is 36.4 Å². The molecule has 2 aliphatic rings. The zero-order chi connectivity index (χ0) is 24.0. The summed E-state index contributed by atoms with van der Waals surface area (Å²) >= 11 is 0. The molecule has 2 aromatic rings. The Morgan fingerprint density at radius 3 is 2.70 bits per heavy atom. The predicted octanol–water partition coefficient (Wildman–Crippen LogP) is 3.38. The molecular weight excluding hydrogens is 424 g/mol. The highest BCUT2D eigenvalue weighted by Gasteiger charge is 2.53. The van der Waals surface area contributed by atoms with Crippen LogP contribution in [0.4, 0.5) is 17.1 Å². The standard InChI is InChI=1S/C24H28N4O5/c1-23(2,3)11-14-5-7-17-16(9-14)24(22(30)27-17)12-19(25-13-24)21(29)26-18-8-6-15(28(31)32)10-20(18)33-4/h5-10,19,25H,11-13H2,1-4H3,(H,26,29)(H,27,30). The quantitative estimate of drug-likeness (QED) is 0.472. The van der Waals surface area contributed by atoms with Gasteiger partial charge in [0, 0.05) is 18.3 Å². The van der Waals surface area contributed by atoms with Crippen LogP contribution in [0.1, 0.15) is 38.3 Å². The lowest BCUT2D eigenvalue weighted by Gasteiger charge is -2.23. The van der Waals surface area contributed by atoms with Crippen molar-refractivity contribution in [2.75, 3.05) is 24.3 Å². The van der Waals surface area contributed by atoms with Gasteiger partial charge in [0.05, 0.1) is 35.2 Å². The first-order valence-electron chi connectivity index (χ1n) is 10.8. The Morgan fingerprint density at radius 2 is 2.03 bits per heavy atom. The number of nitrogens with one attached hydrogen (secondary N) is 3. The molecule has 33 heavy (non-hydrogen) atoms. The Bertz CT molecular complexity index is 1140. The van der Waals surface area contributed by atoms with Crippen molar-refractivity contribution in [3.05, 3.63) is 57.6 Å². The van der Waals surface area contributed by atoms with Gasteiger partial charge in [0.2, 0.25) is 11.8 Å². The molecule has 2 aromatic carbocycles. The van der Waals surface area contributed by atoms with Crippen molar-refractivity contribution in [1.82, 2.24) is 5.32 Å². The molecule has 3 N–H and O–H groups in total. The molecular formula is C24H28N4O5. The number of carbonyl (C=O) groups excluding carboxylic acids is 2. The molecule has 174 valence electrons. The van der Waals surface area contributed by atoms with E-state index in [2.05, 4.69) is 42.8 Å². The monoisotopic (exact) mass is 452 g/mol. The first-order chi connectivity index (χ1) is 15.5. The average molecular weight is 453 g/mol. The van der Waals surface area contributed by atoms with Gasteiger partial charge < -0.3 is 20.7 Å². The number of carbonyl (C=O) groups is 2. The molecule has 0 bridgehead atoms. The molecule has 0 aromatic heterocycles. The van der Waals surface area contributed by atoms with Crippen molar-refractivity contribution in [2.24, 2.45) is 5.41 Å². The molecule has 2 aliphatic heterocycles. The van der Waals surface area contributed by atoms with Gasteiger partial charge in [0.15, 0.2) is 0 Å².